The Bertz CT molecular complexity index is 638. The van der Waals surface area contributed by atoms with E-state index in [0.717, 1.165) is 0 Å². The number of nitrogens with two attached hydrogens (primary N) is 1. The minimum absolute atomic E-state index is 0.156. The Morgan fingerprint density at radius 2 is 2.10 bits per heavy atom. The summed E-state index contributed by atoms with van der Waals surface area (Å²) in [6, 6.07) is 8.29. The van der Waals surface area contributed by atoms with E-state index in [4.69, 9.17) is 15.2 Å². The first kappa shape index (κ1) is 14.1. The van der Waals surface area contributed by atoms with E-state index in [1.807, 2.05) is 12.1 Å². The Morgan fingerprint density at radius 1 is 1.35 bits per heavy atom. The highest BCUT2D eigenvalue weighted by molar-refractivity contribution is 5.32. The van der Waals surface area contributed by atoms with Crippen molar-refractivity contribution in [2.24, 2.45) is 5.73 Å². The summed E-state index contributed by atoms with van der Waals surface area (Å²) in [7, 11) is 1.59. The summed E-state index contributed by atoms with van der Waals surface area (Å²) in [5.74, 6) is 1.78. The van der Waals surface area contributed by atoms with Gasteiger partial charge in [0, 0.05) is 18.2 Å². The van der Waals surface area contributed by atoms with Gasteiger partial charge in [0.25, 0.3) is 5.56 Å². The van der Waals surface area contributed by atoms with Crippen molar-refractivity contribution in [2.45, 2.75) is 19.6 Å². The first-order chi connectivity index (χ1) is 9.58. The zero-order valence-corrected chi connectivity index (χ0v) is 11.4. The van der Waals surface area contributed by atoms with Crippen LogP contribution in [-0.2, 0) is 6.61 Å². The minimum Gasteiger partial charge on any atom is -0.497 e. The lowest BCUT2D eigenvalue weighted by atomic mass is 10.2. The van der Waals surface area contributed by atoms with Crippen molar-refractivity contribution in [3.63, 3.8) is 0 Å². The van der Waals surface area contributed by atoms with Crippen LogP contribution in [0.25, 0.3) is 0 Å². The predicted molar refractivity (Wildman–Crippen MR) is 74.8 cm³/mol. The summed E-state index contributed by atoms with van der Waals surface area (Å²) in [5.41, 5.74) is 6.02. The predicted octanol–water partition coefficient (Wildman–Crippen LogP) is 1.38. The number of aromatic amines is 1. The number of benzene rings is 1. The number of rotatable bonds is 5. The quantitative estimate of drug-likeness (QED) is 0.860. The second kappa shape index (κ2) is 6.21. The first-order valence-electron chi connectivity index (χ1n) is 6.21. The molecule has 0 amide bonds. The van der Waals surface area contributed by atoms with Crippen LogP contribution in [0.2, 0.25) is 0 Å². The molecule has 1 aromatic heterocycles. The third-order valence-corrected chi connectivity index (χ3v) is 2.69. The van der Waals surface area contributed by atoms with Crippen molar-refractivity contribution in [1.82, 2.24) is 9.97 Å². The van der Waals surface area contributed by atoms with Crippen molar-refractivity contribution in [3.05, 3.63) is 52.2 Å². The highest BCUT2D eigenvalue weighted by Crippen LogP contribution is 2.19. The fourth-order valence-electron chi connectivity index (χ4n) is 1.67. The minimum atomic E-state index is -0.298. The number of hydrogen-bond acceptors (Lipinski definition) is 5. The van der Waals surface area contributed by atoms with Crippen LogP contribution >= 0.6 is 0 Å². The number of methoxy groups -OCH3 is 1. The number of ether oxygens (including phenoxy) is 2. The normalized spacial score (nSPS) is 11.9. The average molecular weight is 275 g/mol. The van der Waals surface area contributed by atoms with E-state index >= 15 is 0 Å². The van der Waals surface area contributed by atoms with E-state index in [1.54, 1.807) is 26.2 Å². The third kappa shape index (κ3) is 3.58. The van der Waals surface area contributed by atoms with Crippen LogP contribution < -0.4 is 20.8 Å². The van der Waals surface area contributed by atoms with Gasteiger partial charge in [-0.25, -0.2) is 4.98 Å². The molecule has 0 aliphatic rings. The van der Waals surface area contributed by atoms with E-state index in [9.17, 15) is 4.79 Å². The fourth-order valence-corrected chi connectivity index (χ4v) is 1.67. The molecule has 1 aromatic carbocycles. The summed E-state index contributed by atoms with van der Waals surface area (Å²) >= 11 is 0. The van der Waals surface area contributed by atoms with Gasteiger partial charge in [-0.15, -0.1) is 0 Å². The molecule has 0 saturated carbocycles. The molecule has 0 radical (unpaired) electrons. The van der Waals surface area contributed by atoms with Crippen molar-refractivity contribution in [3.8, 4) is 11.5 Å². The zero-order chi connectivity index (χ0) is 14.5. The summed E-state index contributed by atoms with van der Waals surface area (Å²) in [6.45, 7) is 1.93. The molecule has 0 fully saturated rings. The van der Waals surface area contributed by atoms with Crippen LogP contribution in [0.3, 0.4) is 0 Å². The molecule has 0 saturated heterocycles. The average Bonchev–Trinajstić information content (AvgIpc) is 2.44. The summed E-state index contributed by atoms with van der Waals surface area (Å²) in [6.07, 6.45) is 0. The van der Waals surface area contributed by atoms with Crippen LogP contribution in [0.5, 0.6) is 11.5 Å². The van der Waals surface area contributed by atoms with E-state index < -0.39 is 0 Å². The SMILES string of the molecule is COc1cccc(OCc2nc(C(C)N)cc(=O)[nH]2)c1. The van der Waals surface area contributed by atoms with E-state index in [2.05, 4.69) is 9.97 Å². The molecule has 1 heterocycles. The monoisotopic (exact) mass is 275 g/mol. The van der Waals surface area contributed by atoms with Crippen molar-refractivity contribution in [2.75, 3.05) is 7.11 Å². The number of hydrogen-bond donors (Lipinski definition) is 2. The molecule has 0 aliphatic carbocycles. The summed E-state index contributed by atoms with van der Waals surface area (Å²) < 4.78 is 10.7. The van der Waals surface area contributed by atoms with Gasteiger partial charge >= 0.3 is 0 Å². The number of nitrogens with one attached hydrogen (secondary N) is 1. The Labute approximate surface area is 116 Å². The molecule has 3 N–H and O–H groups in total. The van der Waals surface area contributed by atoms with Crippen molar-refractivity contribution < 1.29 is 9.47 Å². The summed E-state index contributed by atoms with van der Waals surface area (Å²) in [5, 5.41) is 0. The highest BCUT2D eigenvalue weighted by Gasteiger charge is 2.06. The number of aromatic nitrogens is 2. The molecule has 0 aliphatic heterocycles. The third-order valence-electron chi connectivity index (χ3n) is 2.69. The van der Waals surface area contributed by atoms with Gasteiger partial charge < -0.3 is 20.2 Å². The zero-order valence-electron chi connectivity index (χ0n) is 11.4. The highest BCUT2D eigenvalue weighted by atomic mass is 16.5. The lowest BCUT2D eigenvalue weighted by Gasteiger charge is -2.09. The smallest absolute Gasteiger partial charge is 0.251 e. The molecule has 0 bridgehead atoms. The standard InChI is InChI=1S/C14H17N3O3/c1-9(15)12-7-14(18)17-13(16-12)8-20-11-5-3-4-10(6-11)19-2/h3-7,9H,8,15H2,1-2H3,(H,16,17,18). The lowest BCUT2D eigenvalue weighted by Crippen LogP contribution is -2.18. The van der Waals surface area contributed by atoms with Crippen molar-refractivity contribution >= 4 is 0 Å². The Morgan fingerprint density at radius 3 is 2.80 bits per heavy atom. The Kier molecular flexibility index (Phi) is 4.37. The largest absolute Gasteiger partial charge is 0.497 e. The van der Waals surface area contributed by atoms with Gasteiger partial charge in [-0.1, -0.05) is 6.07 Å². The van der Waals surface area contributed by atoms with Crippen molar-refractivity contribution in [1.29, 1.82) is 0 Å². The molecule has 6 nitrogen and oxygen atoms in total. The Hall–Kier alpha value is -2.34. The molecule has 1 atom stereocenters. The molecule has 20 heavy (non-hydrogen) atoms. The van der Waals surface area contributed by atoms with Gasteiger partial charge in [-0.2, -0.15) is 0 Å². The molecule has 1 unspecified atom stereocenters. The number of H-pyrrole nitrogens is 1. The molecule has 6 heteroatoms. The molecular formula is C14H17N3O3. The van der Waals surface area contributed by atoms with E-state index in [0.29, 0.717) is 23.0 Å². The lowest BCUT2D eigenvalue weighted by molar-refractivity contribution is 0.292. The molecular weight excluding hydrogens is 258 g/mol. The molecule has 0 spiro atoms. The van der Waals surface area contributed by atoms with Gasteiger partial charge in [-0.3, -0.25) is 4.79 Å². The molecule has 2 aromatic rings. The van der Waals surface area contributed by atoms with Gasteiger partial charge in [0.05, 0.1) is 12.8 Å². The van der Waals surface area contributed by atoms with Crippen LogP contribution in [-0.4, -0.2) is 17.1 Å². The van der Waals surface area contributed by atoms with Gasteiger partial charge in [0.1, 0.15) is 23.9 Å². The Balaban J connectivity index is 2.12. The maximum atomic E-state index is 11.5. The maximum absolute atomic E-state index is 11.5. The van der Waals surface area contributed by atoms with Crippen LogP contribution in [0.1, 0.15) is 24.5 Å². The molecule has 106 valence electrons. The van der Waals surface area contributed by atoms with Crippen LogP contribution in [0.15, 0.2) is 35.1 Å². The van der Waals surface area contributed by atoms with Gasteiger partial charge in [0.15, 0.2) is 0 Å². The van der Waals surface area contributed by atoms with Gasteiger partial charge in [-0.05, 0) is 19.1 Å². The van der Waals surface area contributed by atoms with Crippen LogP contribution in [0.4, 0.5) is 0 Å². The van der Waals surface area contributed by atoms with E-state index in [1.165, 1.54) is 6.07 Å². The maximum Gasteiger partial charge on any atom is 0.251 e. The van der Waals surface area contributed by atoms with Gasteiger partial charge in [0.2, 0.25) is 0 Å². The first-order valence-corrected chi connectivity index (χ1v) is 6.21. The fraction of sp³-hybridized carbons (Fsp3) is 0.286. The summed E-state index contributed by atoms with van der Waals surface area (Å²) in [4.78, 5) is 18.4. The number of nitrogens with zero attached hydrogens (tertiary/aromatic N) is 1. The second-order valence-electron chi connectivity index (χ2n) is 4.37. The second-order valence-corrected chi connectivity index (χ2v) is 4.37. The van der Waals surface area contributed by atoms with Crippen LogP contribution in [0, 0.1) is 0 Å². The van der Waals surface area contributed by atoms with E-state index in [-0.39, 0.29) is 18.2 Å². The molecule has 2 rings (SSSR count). The topological polar surface area (TPSA) is 90.2 Å².